The number of pyridine rings is 1. The number of rotatable bonds is 1. The molecule has 2 aromatic heterocycles. The van der Waals surface area contributed by atoms with E-state index in [1.165, 1.54) is 6.33 Å². The molecule has 6 rings (SSSR count). The fraction of sp³-hybridized carbons (Fsp3) is 0.0741. The number of benzene rings is 3. The van der Waals surface area contributed by atoms with Gasteiger partial charge < -0.3 is 14.8 Å². The Morgan fingerprint density at radius 1 is 1.06 bits per heavy atom. The van der Waals surface area contributed by atoms with Crippen LogP contribution in [0.1, 0.15) is 27.9 Å². The van der Waals surface area contributed by atoms with Crippen LogP contribution in [0.3, 0.4) is 0 Å². The summed E-state index contributed by atoms with van der Waals surface area (Å²) in [5.41, 5.74) is 3.94. The molecule has 1 unspecified atom stereocenters. The Morgan fingerprint density at radius 3 is 2.74 bits per heavy atom. The summed E-state index contributed by atoms with van der Waals surface area (Å²) in [6.45, 7) is 0.258. The van der Waals surface area contributed by atoms with Crippen molar-refractivity contribution in [3.63, 3.8) is 0 Å². The predicted molar refractivity (Wildman–Crippen MR) is 128 cm³/mol. The third-order valence-corrected chi connectivity index (χ3v) is 6.43. The number of hydrogen-bond acceptors (Lipinski definition) is 5. The lowest BCUT2D eigenvalue weighted by molar-refractivity contribution is 0.121. The van der Waals surface area contributed by atoms with E-state index in [2.05, 4.69) is 21.0 Å². The van der Waals surface area contributed by atoms with Crippen molar-refractivity contribution in [1.82, 2.24) is 15.0 Å². The van der Waals surface area contributed by atoms with E-state index in [0.717, 1.165) is 27.6 Å². The maximum Gasteiger partial charge on any atom is 0.156 e. The number of aromatic amines is 1. The summed E-state index contributed by atoms with van der Waals surface area (Å²) >= 11 is 6.37. The van der Waals surface area contributed by atoms with Crippen LogP contribution in [0.25, 0.3) is 22.0 Å². The molecule has 7 heteroatoms. The normalized spacial score (nSPS) is 16.7. The van der Waals surface area contributed by atoms with Crippen LogP contribution in [0.2, 0.25) is 5.15 Å². The van der Waals surface area contributed by atoms with E-state index in [0.29, 0.717) is 33.3 Å². The predicted octanol–water partition coefficient (Wildman–Crippen LogP) is 5.33. The molecule has 164 valence electrons. The lowest BCUT2D eigenvalue weighted by Crippen LogP contribution is -2.29. The number of aromatic nitrogens is 3. The molecule has 0 fully saturated rings. The summed E-state index contributed by atoms with van der Waals surface area (Å²) in [6, 6.07) is 22.7. The van der Waals surface area contributed by atoms with E-state index in [-0.39, 0.29) is 6.61 Å². The van der Waals surface area contributed by atoms with Crippen LogP contribution in [-0.4, -0.2) is 20.1 Å². The van der Waals surface area contributed by atoms with E-state index in [9.17, 15) is 10.4 Å². The van der Waals surface area contributed by atoms with Crippen molar-refractivity contribution < 1.29 is 9.84 Å². The van der Waals surface area contributed by atoms with Crippen molar-refractivity contribution in [2.24, 2.45) is 0 Å². The zero-order valence-corrected chi connectivity index (χ0v) is 18.5. The van der Waals surface area contributed by atoms with Crippen LogP contribution < -0.4 is 4.74 Å². The first-order chi connectivity index (χ1) is 16.6. The van der Waals surface area contributed by atoms with Gasteiger partial charge in [0.1, 0.15) is 23.6 Å². The van der Waals surface area contributed by atoms with Gasteiger partial charge in [0.05, 0.1) is 29.3 Å². The molecule has 6 nitrogen and oxygen atoms in total. The number of ether oxygens (including phenoxy) is 1. The molecular formula is C27H17ClN4O2. The van der Waals surface area contributed by atoms with E-state index in [4.69, 9.17) is 16.3 Å². The van der Waals surface area contributed by atoms with Crippen LogP contribution in [-0.2, 0) is 12.2 Å². The third-order valence-electron chi connectivity index (χ3n) is 6.24. The second kappa shape index (κ2) is 7.70. The van der Waals surface area contributed by atoms with Crippen molar-refractivity contribution in [3.8, 4) is 22.9 Å². The molecule has 0 spiro atoms. The van der Waals surface area contributed by atoms with E-state index in [1.807, 2.05) is 48.5 Å². The molecule has 0 aliphatic carbocycles. The Labute approximate surface area is 200 Å². The van der Waals surface area contributed by atoms with Crippen LogP contribution in [0.5, 0.6) is 5.75 Å². The number of fused-ring (bicyclic) bond motifs is 6. The highest BCUT2D eigenvalue weighted by Gasteiger charge is 2.36. The third kappa shape index (κ3) is 3.14. The highest BCUT2D eigenvalue weighted by molar-refractivity contribution is 6.30. The van der Waals surface area contributed by atoms with Crippen molar-refractivity contribution in [3.05, 3.63) is 112 Å². The molecule has 5 aromatic rings. The molecule has 6 bridgehead atoms. The van der Waals surface area contributed by atoms with Gasteiger partial charge in [-0.15, -0.1) is 0 Å². The lowest BCUT2D eigenvalue weighted by atomic mass is 9.82. The molecular weight excluding hydrogens is 448 g/mol. The number of nitrogens with one attached hydrogen (secondary N) is 1. The summed E-state index contributed by atoms with van der Waals surface area (Å²) < 4.78 is 6.09. The first-order valence-electron chi connectivity index (χ1n) is 10.6. The van der Waals surface area contributed by atoms with Crippen molar-refractivity contribution >= 4 is 22.5 Å². The minimum Gasteiger partial charge on any atom is -0.488 e. The van der Waals surface area contributed by atoms with Gasteiger partial charge in [-0.3, -0.25) is 0 Å². The minimum atomic E-state index is -1.58. The zero-order chi connectivity index (χ0) is 23.3. The van der Waals surface area contributed by atoms with Gasteiger partial charge in [0.25, 0.3) is 0 Å². The van der Waals surface area contributed by atoms with Crippen molar-refractivity contribution in [2.75, 3.05) is 0 Å². The summed E-state index contributed by atoms with van der Waals surface area (Å²) in [4.78, 5) is 11.7. The van der Waals surface area contributed by atoms with Gasteiger partial charge >= 0.3 is 0 Å². The van der Waals surface area contributed by atoms with Gasteiger partial charge in [-0.05, 0) is 64.2 Å². The standard InChI is InChI=1S/C27H17ClN4O2/c28-26-11-21-17-3-1-2-16(8-17)14-34-24-10-20(5-4-18(24)12-29)27(33,25-13-30-15-31-25)19-6-7-23(32-26)22(21)9-19/h1-11,13,15,33H,14H2,(H,30,31). The minimum absolute atomic E-state index is 0.258. The van der Waals surface area contributed by atoms with Gasteiger partial charge in [0.2, 0.25) is 0 Å². The number of imidazole rings is 1. The molecule has 0 amide bonds. The number of halogens is 1. The number of nitriles is 1. The molecule has 1 atom stereocenters. The van der Waals surface area contributed by atoms with Crippen LogP contribution in [0, 0.1) is 11.3 Å². The Hall–Kier alpha value is -4.18. The molecule has 3 heterocycles. The van der Waals surface area contributed by atoms with Gasteiger partial charge in [-0.1, -0.05) is 41.9 Å². The van der Waals surface area contributed by atoms with Crippen LogP contribution in [0.15, 0.2) is 79.3 Å². The number of aliphatic hydroxyl groups is 1. The lowest BCUT2D eigenvalue weighted by Gasteiger charge is -2.29. The molecule has 34 heavy (non-hydrogen) atoms. The SMILES string of the molecule is N#Cc1ccc2cc1OCc1cccc(c1)-c1cc(Cl)nc3ccc(cc13)C2(O)c1cnc[nH]1. The van der Waals surface area contributed by atoms with E-state index in [1.54, 1.807) is 24.4 Å². The fourth-order valence-electron chi connectivity index (χ4n) is 4.54. The molecule has 0 saturated heterocycles. The highest BCUT2D eigenvalue weighted by atomic mass is 35.5. The molecule has 1 aliphatic rings. The van der Waals surface area contributed by atoms with E-state index >= 15 is 0 Å². The summed E-state index contributed by atoms with van der Waals surface area (Å²) in [7, 11) is 0. The second-order valence-corrected chi connectivity index (χ2v) is 8.60. The summed E-state index contributed by atoms with van der Waals surface area (Å²) in [5.74, 6) is 0.394. The first kappa shape index (κ1) is 20.4. The smallest absolute Gasteiger partial charge is 0.156 e. The summed E-state index contributed by atoms with van der Waals surface area (Å²) in [6.07, 6.45) is 3.11. The molecule has 1 aliphatic heterocycles. The Morgan fingerprint density at radius 2 is 1.91 bits per heavy atom. The molecule has 0 saturated carbocycles. The molecule has 2 N–H and O–H groups in total. The van der Waals surface area contributed by atoms with Gasteiger partial charge in [-0.25, -0.2) is 9.97 Å². The second-order valence-electron chi connectivity index (χ2n) is 8.21. The average Bonchev–Trinajstić information content (AvgIpc) is 3.41. The zero-order valence-electron chi connectivity index (χ0n) is 17.8. The van der Waals surface area contributed by atoms with Gasteiger partial charge in [0.15, 0.2) is 5.60 Å². The Bertz CT molecular complexity index is 1610. The number of hydrogen-bond donors (Lipinski definition) is 2. The Balaban J connectivity index is 1.73. The maximum atomic E-state index is 12.3. The topological polar surface area (TPSA) is 94.8 Å². The van der Waals surface area contributed by atoms with Crippen molar-refractivity contribution in [1.29, 1.82) is 5.26 Å². The van der Waals surface area contributed by atoms with E-state index < -0.39 is 5.60 Å². The maximum absolute atomic E-state index is 12.3. The van der Waals surface area contributed by atoms with Crippen LogP contribution >= 0.6 is 11.6 Å². The molecule has 0 radical (unpaired) electrons. The highest BCUT2D eigenvalue weighted by Crippen LogP contribution is 2.41. The van der Waals surface area contributed by atoms with Gasteiger partial charge in [-0.2, -0.15) is 5.26 Å². The fourth-order valence-corrected chi connectivity index (χ4v) is 4.74. The largest absolute Gasteiger partial charge is 0.488 e. The van der Waals surface area contributed by atoms with Crippen LogP contribution in [0.4, 0.5) is 0 Å². The van der Waals surface area contributed by atoms with Crippen molar-refractivity contribution in [2.45, 2.75) is 12.2 Å². The van der Waals surface area contributed by atoms with Gasteiger partial charge in [0, 0.05) is 5.39 Å². The first-order valence-corrected chi connectivity index (χ1v) is 11.0. The number of H-pyrrole nitrogens is 1. The molecule has 3 aromatic carbocycles. The monoisotopic (exact) mass is 464 g/mol. The summed E-state index contributed by atoms with van der Waals surface area (Å²) in [5, 5.41) is 23.1. The quantitative estimate of drug-likeness (QED) is 0.327. The number of nitrogens with zero attached hydrogens (tertiary/aromatic N) is 3. The Kier molecular flexibility index (Phi) is 4.63. The average molecular weight is 465 g/mol.